The molecule has 140 valence electrons. The van der Waals surface area contributed by atoms with Crippen molar-refractivity contribution in [2.45, 2.75) is 6.42 Å². The van der Waals surface area contributed by atoms with Crippen LogP contribution in [-0.4, -0.2) is 55.2 Å². The van der Waals surface area contributed by atoms with Crippen molar-refractivity contribution in [2.75, 3.05) is 44.7 Å². The molecule has 1 aromatic heterocycles. The lowest BCUT2D eigenvalue weighted by molar-refractivity contribution is 0.0374. The van der Waals surface area contributed by atoms with Gasteiger partial charge in [-0.15, -0.1) is 11.3 Å². The van der Waals surface area contributed by atoms with Gasteiger partial charge in [0.1, 0.15) is 5.69 Å². The van der Waals surface area contributed by atoms with Crippen molar-refractivity contribution in [3.05, 3.63) is 39.3 Å². The second-order valence-corrected chi connectivity index (χ2v) is 7.53. The molecule has 26 heavy (non-hydrogen) atoms. The number of nitrogens with zero attached hydrogens (tertiary/aromatic N) is 2. The number of rotatable bonds is 7. The largest absolute Gasteiger partial charge is 0.379 e. The fraction of sp³-hybridized carbons (Fsp3) is 0.412. The molecule has 0 atom stereocenters. The third-order valence-electron chi connectivity index (χ3n) is 3.95. The molecule has 6 nitrogen and oxygen atoms in total. The number of halogens is 2. The molecule has 2 heterocycles. The zero-order valence-electron chi connectivity index (χ0n) is 14.1. The van der Waals surface area contributed by atoms with Gasteiger partial charge < -0.3 is 15.4 Å². The number of hydrogen-bond acceptors (Lipinski definition) is 6. The van der Waals surface area contributed by atoms with Gasteiger partial charge in [0.15, 0.2) is 5.13 Å². The highest BCUT2D eigenvalue weighted by atomic mass is 35.5. The van der Waals surface area contributed by atoms with Crippen LogP contribution in [0.3, 0.4) is 0 Å². The van der Waals surface area contributed by atoms with Gasteiger partial charge in [-0.05, 0) is 31.2 Å². The lowest BCUT2D eigenvalue weighted by Crippen LogP contribution is -2.38. The molecular weight excluding hydrogens is 395 g/mol. The lowest BCUT2D eigenvalue weighted by atomic mass is 10.3. The van der Waals surface area contributed by atoms with Crippen LogP contribution < -0.4 is 10.6 Å². The molecule has 1 aromatic carbocycles. The standard InChI is InChI=1S/C17H20Cl2N4O2S/c18-13-3-2-12(10-14(13)19)21-17-22-15(11-26-17)16(24)20-4-1-5-23-6-8-25-9-7-23/h2-3,10-11H,1,4-9H2,(H,20,24)(H,21,22). The summed E-state index contributed by atoms with van der Waals surface area (Å²) in [6, 6.07) is 5.24. The summed E-state index contributed by atoms with van der Waals surface area (Å²) in [7, 11) is 0. The van der Waals surface area contributed by atoms with E-state index in [1.165, 1.54) is 11.3 Å². The zero-order valence-corrected chi connectivity index (χ0v) is 16.5. The molecule has 0 aliphatic carbocycles. The lowest BCUT2D eigenvalue weighted by Gasteiger charge is -2.26. The van der Waals surface area contributed by atoms with E-state index in [4.69, 9.17) is 27.9 Å². The molecule has 0 spiro atoms. The Balaban J connectivity index is 1.44. The quantitative estimate of drug-likeness (QED) is 0.676. The molecule has 1 amide bonds. The number of thiazole rings is 1. The molecule has 1 aliphatic heterocycles. The number of hydrogen-bond donors (Lipinski definition) is 2. The maximum absolute atomic E-state index is 12.2. The first-order chi connectivity index (χ1) is 12.6. The SMILES string of the molecule is O=C(NCCCN1CCOCC1)c1csc(Nc2ccc(Cl)c(Cl)c2)n1. The Morgan fingerprint density at radius 2 is 2.08 bits per heavy atom. The van der Waals surface area contributed by atoms with E-state index in [2.05, 4.69) is 20.5 Å². The third kappa shape index (κ3) is 5.56. The first-order valence-electron chi connectivity index (χ1n) is 8.38. The van der Waals surface area contributed by atoms with Crippen LogP contribution in [0.15, 0.2) is 23.6 Å². The van der Waals surface area contributed by atoms with E-state index in [0.717, 1.165) is 45.0 Å². The minimum atomic E-state index is -0.162. The summed E-state index contributed by atoms with van der Waals surface area (Å²) in [5.74, 6) is -0.162. The van der Waals surface area contributed by atoms with Crippen molar-refractivity contribution in [1.82, 2.24) is 15.2 Å². The van der Waals surface area contributed by atoms with E-state index in [1.807, 2.05) is 0 Å². The Labute approximate surface area is 166 Å². The molecule has 2 N–H and O–H groups in total. The van der Waals surface area contributed by atoms with Crippen molar-refractivity contribution >= 4 is 51.3 Å². The van der Waals surface area contributed by atoms with Gasteiger partial charge in [0.2, 0.25) is 0 Å². The molecule has 0 radical (unpaired) electrons. The fourth-order valence-electron chi connectivity index (χ4n) is 2.55. The monoisotopic (exact) mass is 414 g/mol. The van der Waals surface area contributed by atoms with Gasteiger partial charge in [-0.2, -0.15) is 0 Å². The summed E-state index contributed by atoms with van der Waals surface area (Å²) in [5.41, 5.74) is 1.18. The molecule has 3 rings (SSSR count). The van der Waals surface area contributed by atoms with Gasteiger partial charge in [0, 0.05) is 30.7 Å². The highest BCUT2D eigenvalue weighted by molar-refractivity contribution is 7.14. The highest BCUT2D eigenvalue weighted by Crippen LogP contribution is 2.28. The Kier molecular flexibility index (Phi) is 7.10. The molecule has 1 aliphatic rings. The number of aromatic nitrogens is 1. The fourth-order valence-corrected chi connectivity index (χ4v) is 3.56. The number of nitrogens with one attached hydrogen (secondary N) is 2. The Hall–Kier alpha value is -1.38. The number of benzene rings is 1. The molecule has 1 fully saturated rings. The number of morpholine rings is 1. The predicted molar refractivity (Wildman–Crippen MR) is 106 cm³/mol. The summed E-state index contributed by atoms with van der Waals surface area (Å²) >= 11 is 13.3. The van der Waals surface area contributed by atoms with Crippen LogP contribution in [-0.2, 0) is 4.74 Å². The average Bonchev–Trinajstić information content (AvgIpc) is 3.11. The summed E-state index contributed by atoms with van der Waals surface area (Å²) in [5, 5.41) is 9.35. The molecule has 0 unspecified atom stereocenters. The maximum atomic E-state index is 12.2. The summed E-state index contributed by atoms with van der Waals surface area (Å²) in [6.07, 6.45) is 0.907. The van der Waals surface area contributed by atoms with Crippen molar-refractivity contribution in [3.8, 4) is 0 Å². The van der Waals surface area contributed by atoms with Crippen LogP contribution in [0, 0.1) is 0 Å². The van der Waals surface area contributed by atoms with Crippen LogP contribution >= 0.6 is 34.5 Å². The molecule has 0 bridgehead atoms. The first kappa shape index (κ1) is 19.4. The van der Waals surface area contributed by atoms with Crippen molar-refractivity contribution in [1.29, 1.82) is 0 Å². The molecule has 1 saturated heterocycles. The van der Waals surface area contributed by atoms with Gasteiger partial charge in [-0.1, -0.05) is 23.2 Å². The summed E-state index contributed by atoms with van der Waals surface area (Å²) < 4.78 is 5.32. The number of anilines is 2. The van der Waals surface area contributed by atoms with Gasteiger partial charge in [-0.3, -0.25) is 9.69 Å². The maximum Gasteiger partial charge on any atom is 0.270 e. The van der Waals surface area contributed by atoms with Gasteiger partial charge >= 0.3 is 0 Å². The third-order valence-corrected chi connectivity index (χ3v) is 5.44. The normalized spacial score (nSPS) is 15.0. The molecule has 9 heteroatoms. The van der Waals surface area contributed by atoms with E-state index in [0.29, 0.717) is 27.4 Å². The van der Waals surface area contributed by atoms with E-state index in [9.17, 15) is 4.79 Å². The Bertz CT molecular complexity index is 750. The average molecular weight is 415 g/mol. The van der Waals surface area contributed by atoms with Crippen molar-refractivity contribution < 1.29 is 9.53 Å². The smallest absolute Gasteiger partial charge is 0.270 e. The first-order valence-corrected chi connectivity index (χ1v) is 10.0. The molecular formula is C17H20Cl2N4O2S. The zero-order chi connectivity index (χ0) is 18.4. The van der Waals surface area contributed by atoms with Gasteiger partial charge in [0.05, 0.1) is 23.3 Å². The Morgan fingerprint density at radius 3 is 2.85 bits per heavy atom. The summed E-state index contributed by atoms with van der Waals surface area (Å²) in [4.78, 5) is 18.9. The molecule has 0 saturated carbocycles. The minimum Gasteiger partial charge on any atom is -0.379 e. The Morgan fingerprint density at radius 1 is 1.27 bits per heavy atom. The second kappa shape index (κ2) is 9.53. The van der Waals surface area contributed by atoms with Gasteiger partial charge in [-0.25, -0.2) is 4.98 Å². The highest BCUT2D eigenvalue weighted by Gasteiger charge is 2.12. The molecule has 2 aromatic rings. The van der Waals surface area contributed by atoms with Crippen molar-refractivity contribution in [3.63, 3.8) is 0 Å². The van der Waals surface area contributed by atoms with Crippen molar-refractivity contribution in [2.24, 2.45) is 0 Å². The number of carbonyl (C=O) groups is 1. The van der Waals surface area contributed by atoms with Crippen LogP contribution in [0.25, 0.3) is 0 Å². The number of ether oxygens (including phenoxy) is 1. The van der Waals surface area contributed by atoms with E-state index in [-0.39, 0.29) is 5.91 Å². The number of carbonyl (C=O) groups excluding carboxylic acids is 1. The topological polar surface area (TPSA) is 66.5 Å². The van der Waals surface area contributed by atoms with Crippen LogP contribution in [0.5, 0.6) is 0 Å². The van der Waals surface area contributed by atoms with Crippen LogP contribution in [0.2, 0.25) is 10.0 Å². The van der Waals surface area contributed by atoms with Crippen LogP contribution in [0.1, 0.15) is 16.9 Å². The predicted octanol–water partition coefficient (Wildman–Crippen LogP) is 3.65. The number of amides is 1. The van der Waals surface area contributed by atoms with Gasteiger partial charge in [0.25, 0.3) is 5.91 Å². The van der Waals surface area contributed by atoms with E-state index >= 15 is 0 Å². The van der Waals surface area contributed by atoms with E-state index in [1.54, 1.807) is 23.6 Å². The second-order valence-electron chi connectivity index (χ2n) is 5.86. The summed E-state index contributed by atoms with van der Waals surface area (Å²) in [6.45, 7) is 5.10. The van der Waals surface area contributed by atoms with E-state index < -0.39 is 0 Å². The minimum absolute atomic E-state index is 0.162. The van der Waals surface area contributed by atoms with Crippen LogP contribution in [0.4, 0.5) is 10.8 Å².